The molecule has 2 saturated heterocycles. The number of hydrogen-bond donors (Lipinski definition) is 3. The van der Waals surface area contributed by atoms with Crippen LogP contribution in [0.5, 0.6) is 0 Å². The monoisotopic (exact) mass is 595 g/mol. The van der Waals surface area contributed by atoms with Crippen molar-refractivity contribution in [1.82, 2.24) is 25.3 Å². The van der Waals surface area contributed by atoms with E-state index in [1.807, 2.05) is 38.1 Å². The molecule has 3 unspecified atom stereocenters. The van der Waals surface area contributed by atoms with Crippen LogP contribution in [-0.4, -0.2) is 99.8 Å². The SMILES string of the molecule is CCCC(NC(=O)[C@@H]1C[C@@H](C2c3ccccc3CCN2C(=O)O)CN1C(=O)C(C)N1CCCCC1)C(=O)C(=O)NC1CC1. The van der Waals surface area contributed by atoms with Crippen molar-refractivity contribution in [2.45, 2.75) is 102 Å². The molecule has 1 aliphatic carbocycles. The topological polar surface area (TPSA) is 139 Å². The number of likely N-dealkylation sites (tertiary alicyclic amines) is 2. The molecule has 3 fully saturated rings. The van der Waals surface area contributed by atoms with Crippen LogP contribution in [0.3, 0.4) is 0 Å². The number of ketones is 1. The fraction of sp³-hybridized carbons (Fsp3) is 0.656. The largest absolute Gasteiger partial charge is 0.465 e. The molecule has 0 bridgehead atoms. The van der Waals surface area contributed by atoms with E-state index in [1.165, 1.54) is 4.90 Å². The quantitative estimate of drug-likeness (QED) is 0.353. The highest BCUT2D eigenvalue weighted by Crippen LogP contribution is 2.42. The molecular weight excluding hydrogens is 550 g/mol. The Morgan fingerprint density at radius 3 is 2.40 bits per heavy atom. The Morgan fingerprint density at radius 1 is 1.00 bits per heavy atom. The molecule has 0 spiro atoms. The van der Waals surface area contributed by atoms with E-state index in [9.17, 15) is 29.1 Å². The van der Waals surface area contributed by atoms with Gasteiger partial charge in [0.1, 0.15) is 6.04 Å². The maximum Gasteiger partial charge on any atom is 0.407 e. The third-order valence-corrected chi connectivity index (χ3v) is 9.59. The van der Waals surface area contributed by atoms with Gasteiger partial charge in [-0.3, -0.25) is 24.1 Å². The van der Waals surface area contributed by atoms with Crippen LogP contribution in [0.15, 0.2) is 24.3 Å². The minimum absolute atomic E-state index is 0.0185. The molecule has 5 atom stereocenters. The van der Waals surface area contributed by atoms with E-state index in [4.69, 9.17) is 0 Å². The van der Waals surface area contributed by atoms with Crippen LogP contribution < -0.4 is 10.6 Å². The minimum Gasteiger partial charge on any atom is -0.465 e. The lowest BCUT2D eigenvalue weighted by Gasteiger charge is -2.39. The second kappa shape index (κ2) is 13.4. The van der Waals surface area contributed by atoms with Gasteiger partial charge in [-0.15, -0.1) is 0 Å². The van der Waals surface area contributed by atoms with Gasteiger partial charge in [-0.1, -0.05) is 44.0 Å². The lowest BCUT2D eigenvalue weighted by Crippen LogP contribution is -2.56. The molecule has 11 heteroatoms. The summed E-state index contributed by atoms with van der Waals surface area (Å²) in [5.41, 5.74) is 1.99. The van der Waals surface area contributed by atoms with Crippen LogP contribution in [0.4, 0.5) is 4.79 Å². The first-order chi connectivity index (χ1) is 20.7. The van der Waals surface area contributed by atoms with Crippen molar-refractivity contribution in [2.75, 3.05) is 26.2 Å². The molecule has 43 heavy (non-hydrogen) atoms. The maximum absolute atomic E-state index is 14.1. The Labute approximate surface area is 253 Å². The lowest BCUT2D eigenvalue weighted by atomic mass is 9.83. The number of amides is 4. The van der Waals surface area contributed by atoms with Gasteiger partial charge in [0.2, 0.25) is 17.6 Å². The summed E-state index contributed by atoms with van der Waals surface area (Å²) in [6.45, 7) is 5.95. The zero-order valence-corrected chi connectivity index (χ0v) is 25.3. The number of carbonyl (C=O) groups is 5. The van der Waals surface area contributed by atoms with Gasteiger partial charge in [0, 0.05) is 25.0 Å². The molecule has 3 heterocycles. The Balaban J connectivity index is 1.41. The summed E-state index contributed by atoms with van der Waals surface area (Å²) in [5, 5.41) is 15.7. The summed E-state index contributed by atoms with van der Waals surface area (Å²) in [4.78, 5) is 71.3. The van der Waals surface area contributed by atoms with Gasteiger partial charge in [0.25, 0.3) is 5.91 Å². The first kappa shape index (κ1) is 31.0. The first-order valence-corrected chi connectivity index (χ1v) is 16.0. The first-order valence-electron chi connectivity index (χ1n) is 16.0. The molecular formula is C32H45N5O6. The number of rotatable bonds is 10. The molecule has 11 nitrogen and oxygen atoms in total. The highest BCUT2D eigenvalue weighted by Gasteiger charge is 2.48. The Morgan fingerprint density at radius 2 is 1.72 bits per heavy atom. The number of benzene rings is 1. The highest BCUT2D eigenvalue weighted by atomic mass is 16.4. The summed E-state index contributed by atoms with van der Waals surface area (Å²) in [6.07, 6.45) is 5.57. The van der Waals surface area contributed by atoms with E-state index in [0.29, 0.717) is 25.8 Å². The molecule has 1 saturated carbocycles. The van der Waals surface area contributed by atoms with Crippen LogP contribution in [0.1, 0.15) is 82.4 Å². The van der Waals surface area contributed by atoms with Crippen molar-refractivity contribution in [1.29, 1.82) is 0 Å². The van der Waals surface area contributed by atoms with Crippen molar-refractivity contribution in [3.8, 4) is 0 Å². The number of nitrogens with zero attached hydrogens (tertiary/aromatic N) is 3. The zero-order valence-electron chi connectivity index (χ0n) is 25.3. The fourth-order valence-electron chi connectivity index (χ4n) is 7.08. The predicted octanol–water partition coefficient (Wildman–Crippen LogP) is 2.49. The average Bonchev–Trinajstić information content (AvgIpc) is 3.73. The normalized spacial score (nSPS) is 25.4. The predicted molar refractivity (Wildman–Crippen MR) is 159 cm³/mol. The fourth-order valence-corrected chi connectivity index (χ4v) is 7.08. The second-order valence-corrected chi connectivity index (χ2v) is 12.6. The number of carboxylic acid groups (broad SMARTS) is 1. The van der Waals surface area contributed by atoms with Crippen LogP contribution in [0.2, 0.25) is 0 Å². The summed E-state index contributed by atoms with van der Waals surface area (Å²) in [7, 11) is 0. The van der Waals surface area contributed by atoms with Crippen molar-refractivity contribution in [2.24, 2.45) is 5.92 Å². The Bertz CT molecular complexity index is 1230. The molecule has 3 N–H and O–H groups in total. The van der Waals surface area contributed by atoms with Gasteiger partial charge >= 0.3 is 6.09 Å². The third-order valence-electron chi connectivity index (χ3n) is 9.59. The van der Waals surface area contributed by atoms with E-state index in [2.05, 4.69) is 15.5 Å². The molecule has 1 aromatic carbocycles. The van der Waals surface area contributed by atoms with Gasteiger partial charge in [-0.05, 0) is 76.1 Å². The standard InChI is InChI=1S/C32H45N5O6/c1-3-9-25(28(38)30(40)33-23-12-13-23)34-29(39)26-18-22(19-37(26)31(41)20(2)35-15-7-4-8-16-35)27-24-11-6-5-10-21(24)14-17-36(27)32(42)43/h5-6,10-11,20,22-23,25-27H,3-4,7-9,12-19H2,1-2H3,(H,33,40)(H,34,39)(H,42,43)/t20?,22-,25?,26+,27?/m1/s1. The van der Waals surface area contributed by atoms with Crippen LogP contribution in [0, 0.1) is 5.92 Å². The van der Waals surface area contributed by atoms with Gasteiger partial charge < -0.3 is 25.5 Å². The molecule has 4 amide bonds. The van der Waals surface area contributed by atoms with Crippen molar-refractivity contribution in [3.63, 3.8) is 0 Å². The van der Waals surface area contributed by atoms with Crippen molar-refractivity contribution in [3.05, 3.63) is 35.4 Å². The summed E-state index contributed by atoms with van der Waals surface area (Å²) < 4.78 is 0. The van der Waals surface area contributed by atoms with Gasteiger partial charge in [0.05, 0.1) is 18.1 Å². The van der Waals surface area contributed by atoms with Crippen LogP contribution >= 0.6 is 0 Å². The number of nitrogens with one attached hydrogen (secondary N) is 2. The van der Waals surface area contributed by atoms with E-state index >= 15 is 0 Å². The Hall–Kier alpha value is -3.47. The van der Waals surface area contributed by atoms with Crippen molar-refractivity contribution < 1.29 is 29.1 Å². The summed E-state index contributed by atoms with van der Waals surface area (Å²) in [5.74, 6) is -2.31. The van der Waals surface area contributed by atoms with Gasteiger partial charge in [-0.25, -0.2) is 4.79 Å². The summed E-state index contributed by atoms with van der Waals surface area (Å²) in [6, 6.07) is 5.01. The van der Waals surface area contributed by atoms with E-state index in [1.54, 1.807) is 4.90 Å². The molecule has 1 aromatic rings. The molecule has 3 aliphatic heterocycles. The number of hydrogen-bond acceptors (Lipinski definition) is 6. The number of carbonyl (C=O) groups excluding carboxylic acids is 4. The van der Waals surface area contributed by atoms with Gasteiger partial charge in [-0.2, -0.15) is 0 Å². The number of fused-ring (bicyclic) bond motifs is 1. The minimum atomic E-state index is -1.03. The van der Waals surface area contributed by atoms with E-state index in [0.717, 1.165) is 56.3 Å². The van der Waals surface area contributed by atoms with E-state index in [-0.39, 0.29) is 30.8 Å². The molecule has 234 valence electrons. The van der Waals surface area contributed by atoms with Crippen LogP contribution in [-0.2, 0) is 25.6 Å². The molecule has 5 rings (SSSR count). The molecule has 4 aliphatic rings. The molecule has 0 aromatic heterocycles. The average molecular weight is 596 g/mol. The van der Waals surface area contributed by atoms with Gasteiger partial charge in [0.15, 0.2) is 0 Å². The maximum atomic E-state index is 14.1. The van der Waals surface area contributed by atoms with Crippen LogP contribution in [0.25, 0.3) is 0 Å². The van der Waals surface area contributed by atoms with E-state index < -0.39 is 47.9 Å². The summed E-state index contributed by atoms with van der Waals surface area (Å²) >= 11 is 0. The second-order valence-electron chi connectivity index (χ2n) is 12.6. The highest BCUT2D eigenvalue weighted by molar-refractivity contribution is 6.38. The molecule has 0 radical (unpaired) electrons. The Kier molecular flexibility index (Phi) is 9.68. The number of piperidine rings is 1. The lowest BCUT2D eigenvalue weighted by molar-refractivity contribution is -0.144. The third kappa shape index (κ3) is 6.87. The van der Waals surface area contributed by atoms with Crippen molar-refractivity contribution >= 4 is 29.6 Å². The smallest absolute Gasteiger partial charge is 0.407 e. The number of Topliss-reactive ketones (excluding diaryl/α,β-unsaturated/α-hetero) is 1. The zero-order chi connectivity index (χ0) is 30.7.